The van der Waals surface area contributed by atoms with Crippen LogP contribution in [0.3, 0.4) is 0 Å². The van der Waals surface area contributed by atoms with E-state index in [1.54, 1.807) is 6.92 Å². The van der Waals surface area contributed by atoms with E-state index in [2.05, 4.69) is 23.7 Å². The standard InChI is InChI=1S/C7H3/c1-3-5-7-6-4-2/h1H3. The lowest BCUT2D eigenvalue weighted by molar-refractivity contribution is 1.92. The van der Waals surface area contributed by atoms with E-state index in [1.165, 1.54) is 0 Å². The maximum absolute atomic E-state index is 6.29. The summed E-state index contributed by atoms with van der Waals surface area (Å²) in [6.07, 6.45) is 6.29. The van der Waals surface area contributed by atoms with Gasteiger partial charge in [0.05, 0.1) is 0 Å². The van der Waals surface area contributed by atoms with Crippen LogP contribution in [0.25, 0.3) is 0 Å². The Hall–Kier alpha value is -1.32. The summed E-state index contributed by atoms with van der Waals surface area (Å²) in [7, 11) is 0. The number of hydrogen-bond acceptors (Lipinski definition) is 0. The molecule has 0 aromatic carbocycles. The lowest BCUT2D eigenvalue weighted by Gasteiger charge is -1.48. The van der Waals surface area contributed by atoms with Gasteiger partial charge in [0.1, 0.15) is 0 Å². The molecule has 0 aromatic heterocycles. The van der Waals surface area contributed by atoms with E-state index in [1.807, 2.05) is 5.92 Å². The zero-order valence-electron chi connectivity index (χ0n) is 4.00. The van der Waals surface area contributed by atoms with Gasteiger partial charge in [0.25, 0.3) is 0 Å². The minimum absolute atomic E-state index is 1.69. The second kappa shape index (κ2) is 4.68. The van der Waals surface area contributed by atoms with Crippen molar-refractivity contribution in [1.29, 1.82) is 0 Å². The molecule has 0 aliphatic carbocycles. The van der Waals surface area contributed by atoms with Gasteiger partial charge >= 0.3 is 0 Å². The van der Waals surface area contributed by atoms with Crippen molar-refractivity contribution in [2.45, 2.75) is 6.92 Å². The highest BCUT2D eigenvalue weighted by Gasteiger charge is 1.46. The molecular formula is C7H3. The quantitative estimate of drug-likeness (QED) is 0.379. The van der Waals surface area contributed by atoms with Crippen LogP contribution in [0.1, 0.15) is 6.92 Å². The maximum atomic E-state index is 6.29. The summed E-state index contributed by atoms with van der Waals surface area (Å²) in [5.74, 6) is 11.5. The van der Waals surface area contributed by atoms with Crippen molar-refractivity contribution in [3.05, 3.63) is 6.42 Å². The lowest BCUT2D eigenvalue weighted by Crippen LogP contribution is -1.46. The van der Waals surface area contributed by atoms with Gasteiger partial charge in [0.2, 0.25) is 0 Å². The first-order chi connectivity index (χ1) is 3.41. The van der Waals surface area contributed by atoms with E-state index >= 15 is 0 Å². The van der Waals surface area contributed by atoms with Crippen LogP contribution in [-0.2, 0) is 0 Å². The molecule has 31 valence electrons. The predicted molar refractivity (Wildman–Crippen MR) is 28.4 cm³/mol. The molecular weight excluding hydrogens is 84.1 g/mol. The Morgan fingerprint density at radius 2 is 1.86 bits per heavy atom. The number of hydrogen-bond donors (Lipinski definition) is 0. The van der Waals surface area contributed by atoms with Crippen LogP contribution in [-0.4, -0.2) is 0 Å². The fraction of sp³-hybridized carbons (Fsp3) is 0.143. The highest BCUT2D eigenvalue weighted by molar-refractivity contribution is 5.32. The molecule has 1 radical (unpaired) electrons. The van der Waals surface area contributed by atoms with Gasteiger partial charge in [-0.2, -0.15) is 0 Å². The van der Waals surface area contributed by atoms with Crippen LogP contribution >= 0.6 is 0 Å². The van der Waals surface area contributed by atoms with Crippen LogP contribution in [0, 0.1) is 36.0 Å². The SMILES string of the molecule is [C]#CC#CC#CC. The van der Waals surface area contributed by atoms with E-state index < -0.39 is 0 Å². The average molecular weight is 87.1 g/mol. The van der Waals surface area contributed by atoms with Crippen molar-refractivity contribution in [3.8, 4) is 29.6 Å². The molecule has 0 aromatic rings. The van der Waals surface area contributed by atoms with Crippen molar-refractivity contribution >= 4 is 0 Å². The van der Waals surface area contributed by atoms with Gasteiger partial charge in [-0.15, -0.1) is 0 Å². The predicted octanol–water partition coefficient (Wildman–Crippen LogP) is 0.603. The highest BCUT2D eigenvalue weighted by Crippen LogP contribution is 1.48. The summed E-state index contributed by atoms with van der Waals surface area (Å²) >= 11 is 0. The van der Waals surface area contributed by atoms with Crippen molar-refractivity contribution in [1.82, 2.24) is 0 Å². The van der Waals surface area contributed by atoms with Gasteiger partial charge < -0.3 is 0 Å². The monoisotopic (exact) mass is 87.0 g/mol. The van der Waals surface area contributed by atoms with E-state index in [4.69, 9.17) is 6.42 Å². The van der Waals surface area contributed by atoms with Crippen molar-refractivity contribution < 1.29 is 0 Å². The van der Waals surface area contributed by atoms with Gasteiger partial charge in [-0.1, -0.05) is 5.92 Å². The van der Waals surface area contributed by atoms with E-state index in [0.717, 1.165) is 0 Å². The van der Waals surface area contributed by atoms with Crippen LogP contribution < -0.4 is 0 Å². The third-order valence-electron chi connectivity index (χ3n) is 0.312. The molecule has 0 bridgehead atoms. The molecule has 0 fully saturated rings. The normalized spacial score (nSPS) is 3.43. The van der Waals surface area contributed by atoms with E-state index in [9.17, 15) is 0 Å². The first kappa shape index (κ1) is 5.68. The Kier molecular flexibility index (Phi) is 3.80. The fourth-order valence-electron chi connectivity index (χ4n) is 0.125. The molecule has 0 amide bonds. The summed E-state index contributed by atoms with van der Waals surface area (Å²) in [6, 6.07) is 0. The third-order valence-corrected chi connectivity index (χ3v) is 0.312. The molecule has 0 aliphatic rings. The Morgan fingerprint density at radius 1 is 1.14 bits per heavy atom. The molecule has 0 atom stereocenters. The number of rotatable bonds is 0. The van der Waals surface area contributed by atoms with Gasteiger partial charge in [-0.25, -0.2) is 0 Å². The second-order valence-corrected chi connectivity index (χ2v) is 0.750. The Balaban J connectivity index is 3.68. The zero-order chi connectivity index (χ0) is 5.54. The molecule has 0 rings (SSSR count). The molecule has 0 heterocycles. The maximum Gasteiger partial charge on any atom is -0.00000000396 e. The molecule has 0 saturated carbocycles. The summed E-state index contributed by atoms with van der Waals surface area (Å²) in [4.78, 5) is 0. The minimum Gasteiger partial charge on any atom is -0.0925 e. The van der Waals surface area contributed by atoms with Gasteiger partial charge in [0.15, 0.2) is 0 Å². The Morgan fingerprint density at radius 3 is 2.29 bits per heavy atom. The zero-order valence-corrected chi connectivity index (χ0v) is 4.00. The lowest BCUT2D eigenvalue weighted by atomic mass is 10.5. The Bertz CT molecular complexity index is 182. The van der Waals surface area contributed by atoms with Crippen LogP contribution in [0.5, 0.6) is 0 Å². The van der Waals surface area contributed by atoms with Crippen LogP contribution in [0.4, 0.5) is 0 Å². The summed E-state index contributed by atoms with van der Waals surface area (Å²) in [6.45, 7) is 1.69. The summed E-state index contributed by atoms with van der Waals surface area (Å²) in [5, 5.41) is 0. The van der Waals surface area contributed by atoms with Crippen LogP contribution in [0.2, 0.25) is 0 Å². The molecule has 0 N–H and O–H groups in total. The first-order valence-corrected chi connectivity index (χ1v) is 1.75. The van der Waals surface area contributed by atoms with Crippen LogP contribution in [0.15, 0.2) is 0 Å². The summed E-state index contributed by atoms with van der Waals surface area (Å²) in [5.41, 5.74) is 0. The molecule has 0 spiro atoms. The van der Waals surface area contributed by atoms with Crippen molar-refractivity contribution in [2.24, 2.45) is 0 Å². The minimum atomic E-state index is 1.69. The van der Waals surface area contributed by atoms with Crippen molar-refractivity contribution in [2.75, 3.05) is 0 Å². The fourth-order valence-corrected chi connectivity index (χ4v) is 0.125. The van der Waals surface area contributed by atoms with Crippen molar-refractivity contribution in [3.63, 3.8) is 0 Å². The highest BCUT2D eigenvalue weighted by atomic mass is 13.5. The molecule has 7 heavy (non-hydrogen) atoms. The summed E-state index contributed by atoms with van der Waals surface area (Å²) < 4.78 is 0. The smallest absolute Gasteiger partial charge is 0.00000000396 e. The van der Waals surface area contributed by atoms with Gasteiger partial charge in [-0.3, -0.25) is 0 Å². The van der Waals surface area contributed by atoms with E-state index in [0.29, 0.717) is 0 Å². The molecule has 0 heteroatoms. The molecule has 0 saturated heterocycles. The largest absolute Gasteiger partial charge is 0.0925 e. The first-order valence-electron chi connectivity index (χ1n) is 1.75. The molecule has 0 unspecified atom stereocenters. The molecule has 0 nitrogen and oxygen atoms in total. The topological polar surface area (TPSA) is 0 Å². The average Bonchev–Trinajstić information content (AvgIpc) is 1.69. The third kappa shape index (κ3) is 4.68. The van der Waals surface area contributed by atoms with Gasteiger partial charge in [0, 0.05) is 0 Å². The molecule has 0 aliphatic heterocycles. The van der Waals surface area contributed by atoms with E-state index in [-0.39, 0.29) is 0 Å². The van der Waals surface area contributed by atoms with Gasteiger partial charge in [-0.05, 0) is 37.0 Å². The second-order valence-electron chi connectivity index (χ2n) is 0.750. The Labute approximate surface area is 43.9 Å².